The molecule has 1 unspecified atom stereocenters. The molecule has 238 valence electrons. The number of fused-ring (bicyclic) bond motifs is 13. The van der Waals surface area contributed by atoms with E-state index in [9.17, 15) is 4.79 Å². The van der Waals surface area contributed by atoms with Gasteiger partial charge in [0.2, 0.25) is 0 Å². The second kappa shape index (κ2) is 10.6. The zero-order chi connectivity index (χ0) is 33.7. The van der Waals surface area contributed by atoms with Crippen molar-refractivity contribution < 1.29 is 0 Å². The minimum atomic E-state index is -0.587. The van der Waals surface area contributed by atoms with Crippen LogP contribution in [0.5, 0.6) is 0 Å². The lowest BCUT2D eigenvalue weighted by atomic mass is 9.70. The number of rotatable bonds is 3. The van der Waals surface area contributed by atoms with E-state index in [0.717, 1.165) is 37.2 Å². The maximum Gasteiger partial charge on any atom is 0.195 e. The molecule has 0 fully saturated rings. The van der Waals surface area contributed by atoms with Crippen molar-refractivity contribution in [2.45, 2.75) is 5.41 Å². The van der Waals surface area contributed by atoms with Gasteiger partial charge in [0.25, 0.3) is 0 Å². The van der Waals surface area contributed by atoms with Gasteiger partial charge in [-0.05, 0) is 116 Å². The van der Waals surface area contributed by atoms with E-state index < -0.39 is 5.41 Å². The van der Waals surface area contributed by atoms with Crippen LogP contribution in [-0.2, 0) is 5.41 Å². The van der Waals surface area contributed by atoms with Crippen molar-refractivity contribution >= 4 is 59.3 Å². The van der Waals surface area contributed by atoms with Crippen molar-refractivity contribution in [2.75, 3.05) is 4.90 Å². The first-order valence-corrected chi connectivity index (χ1v) is 18.2. The van der Waals surface area contributed by atoms with Crippen LogP contribution in [0, 0.1) is 0 Å². The number of para-hydroxylation sites is 1. The Balaban J connectivity index is 1.23. The van der Waals surface area contributed by atoms with Gasteiger partial charge in [-0.1, -0.05) is 115 Å². The maximum absolute atomic E-state index is 14.2. The molecule has 0 N–H and O–H groups in total. The van der Waals surface area contributed by atoms with Gasteiger partial charge in [-0.3, -0.25) is 4.79 Å². The normalized spacial score (nSPS) is 15.2. The van der Waals surface area contributed by atoms with Crippen LogP contribution in [0.4, 0.5) is 17.1 Å². The molecule has 0 amide bonds. The van der Waals surface area contributed by atoms with Crippen molar-refractivity contribution in [1.82, 2.24) is 0 Å². The van der Waals surface area contributed by atoms with Gasteiger partial charge >= 0.3 is 0 Å². The summed E-state index contributed by atoms with van der Waals surface area (Å²) in [4.78, 5) is 16.6. The van der Waals surface area contributed by atoms with Gasteiger partial charge in [-0.25, -0.2) is 0 Å². The summed E-state index contributed by atoms with van der Waals surface area (Å²) in [6, 6.07) is 63.1. The summed E-state index contributed by atoms with van der Waals surface area (Å²) >= 11 is 1.70. The quantitative estimate of drug-likeness (QED) is 0.175. The minimum absolute atomic E-state index is 0.0973. The van der Waals surface area contributed by atoms with Crippen LogP contribution >= 0.6 is 11.3 Å². The standard InChI is InChI=1S/C48H29NOS/c50-47-38-18-8-11-21-45(38)51-46-29-39-36-17-7-10-20-42(36)48(44(39)28-40(46)47)41-19-9-6-16-35(41)37-25-24-34(27-43(37)48)49(32-14-2-1-3-15-32)33-23-22-30-12-4-5-13-31(30)26-33/h1-29H. The van der Waals surface area contributed by atoms with Gasteiger partial charge in [0.1, 0.15) is 0 Å². The molecule has 2 aliphatic rings. The molecule has 2 aliphatic carbocycles. The topological polar surface area (TPSA) is 20.3 Å². The Kier molecular flexibility index (Phi) is 5.93. The highest BCUT2D eigenvalue weighted by Crippen LogP contribution is 2.63. The molecule has 51 heavy (non-hydrogen) atoms. The molecule has 9 aromatic rings. The lowest BCUT2D eigenvalue weighted by Crippen LogP contribution is -2.26. The molecule has 0 aliphatic heterocycles. The van der Waals surface area contributed by atoms with Crippen LogP contribution < -0.4 is 10.3 Å². The summed E-state index contributed by atoms with van der Waals surface area (Å²) in [5, 5.41) is 3.99. The molecule has 11 rings (SSSR count). The smallest absolute Gasteiger partial charge is 0.195 e. The Morgan fingerprint density at radius 3 is 1.82 bits per heavy atom. The molecule has 2 nitrogen and oxygen atoms in total. The molecule has 0 bridgehead atoms. The number of nitrogens with zero attached hydrogens (tertiary/aromatic N) is 1. The third-order valence-corrected chi connectivity index (χ3v) is 12.2. The van der Waals surface area contributed by atoms with E-state index in [2.05, 4.69) is 163 Å². The van der Waals surface area contributed by atoms with Gasteiger partial charge in [-0.15, -0.1) is 11.3 Å². The lowest BCUT2D eigenvalue weighted by Gasteiger charge is -2.32. The van der Waals surface area contributed by atoms with Crippen molar-refractivity contribution in [3.8, 4) is 22.3 Å². The molecule has 0 radical (unpaired) electrons. The number of anilines is 3. The van der Waals surface area contributed by atoms with E-state index in [1.807, 2.05) is 18.2 Å². The molecule has 3 heteroatoms. The molecule has 0 saturated carbocycles. The van der Waals surface area contributed by atoms with Crippen LogP contribution in [0.3, 0.4) is 0 Å². The van der Waals surface area contributed by atoms with Crippen molar-refractivity contribution in [3.63, 3.8) is 0 Å². The monoisotopic (exact) mass is 667 g/mol. The molecule has 1 heterocycles. The summed E-state index contributed by atoms with van der Waals surface area (Å²) in [5.74, 6) is 0. The predicted molar refractivity (Wildman–Crippen MR) is 214 cm³/mol. The van der Waals surface area contributed by atoms with Gasteiger partial charge in [0.15, 0.2) is 5.43 Å². The third-order valence-electron chi connectivity index (χ3n) is 11.0. The zero-order valence-electron chi connectivity index (χ0n) is 27.5. The highest BCUT2D eigenvalue weighted by Gasteiger charge is 2.52. The summed E-state index contributed by atoms with van der Waals surface area (Å²) in [7, 11) is 0. The van der Waals surface area contributed by atoms with E-state index in [0.29, 0.717) is 0 Å². The average molecular weight is 668 g/mol. The highest BCUT2D eigenvalue weighted by atomic mass is 32.1. The van der Waals surface area contributed by atoms with E-state index in [-0.39, 0.29) is 5.43 Å². The fraction of sp³-hybridized carbons (Fsp3) is 0.0208. The van der Waals surface area contributed by atoms with E-state index in [1.54, 1.807) is 11.3 Å². The second-order valence-electron chi connectivity index (χ2n) is 13.6. The van der Waals surface area contributed by atoms with Crippen LogP contribution in [-0.4, -0.2) is 0 Å². The van der Waals surface area contributed by atoms with Gasteiger partial charge < -0.3 is 4.90 Å². The maximum atomic E-state index is 14.2. The lowest BCUT2D eigenvalue weighted by molar-refractivity contribution is 0.795. The summed E-state index contributed by atoms with van der Waals surface area (Å²) < 4.78 is 2.04. The van der Waals surface area contributed by atoms with Crippen LogP contribution in [0.25, 0.3) is 53.2 Å². The third kappa shape index (κ3) is 3.90. The first kappa shape index (κ1) is 28.5. The van der Waals surface area contributed by atoms with Gasteiger partial charge in [-0.2, -0.15) is 0 Å². The van der Waals surface area contributed by atoms with E-state index >= 15 is 0 Å². The van der Waals surface area contributed by atoms with Gasteiger partial charge in [0.05, 0.1) is 5.41 Å². The summed E-state index contributed by atoms with van der Waals surface area (Å²) in [6.07, 6.45) is 0. The number of hydrogen-bond acceptors (Lipinski definition) is 3. The predicted octanol–water partition coefficient (Wildman–Crippen LogP) is 12.4. The largest absolute Gasteiger partial charge is 0.310 e. The van der Waals surface area contributed by atoms with Crippen molar-refractivity contribution in [3.05, 3.63) is 208 Å². The molecule has 8 aromatic carbocycles. The summed E-state index contributed by atoms with van der Waals surface area (Å²) in [5.41, 5.74) is 12.6. The average Bonchev–Trinajstić information content (AvgIpc) is 3.64. The molecule has 1 spiro atoms. The van der Waals surface area contributed by atoms with Crippen molar-refractivity contribution in [1.29, 1.82) is 0 Å². The Bertz CT molecular complexity index is 2960. The number of benzene rings is 8. The van der Waals surface area contributed by atoms with Crippen LogP contribution in [0.15, 0.2) is 181 Å². The molecular formula is C48H29NOS. The SMILES string of the molecule is O=c1c2ccccc2sc2cc3c(cc12)C1(c2ccccc2-c2ccc(N(c4ccccc4)c4ccc5ccccc5c4)cc21)c1ccccc1-3. The second-order valence-corrected chi connectivity index (χ2v) is 14.7. The Hall–Kier alpha value is -6.29. The molecular weight excluding hydrogens is 639 g/mol. The first-order chi connectivity index (χ1) is 25.2. The van der Waals surface area contributed by atoms with Crippen LogP contribution in [0.1, 0.15) is 22.3 Å². The summed E-state index contributed by atoms with van der Waals surface area (Å²) in [6.45, 7) is 0. The minimum Gasteiger partial charge on any atom is -0.310 e. The van der Waals surface area contributed by atoms with Gasteiger partial charge in [0, 0.05) is 37.2 Å². The fourth-order valence-corrected chi connectivity index (χ4v) is 9.99. The Labute approximate surface area is 299 Å². The number of hydrogen-bond donors (Lipinski definition) is 0. The van der Waals surface area contributed by atoms with Crippen molar-refractivity contribution in [2.24, 2.45) is 0 Å². The Morgan fingerprint density at radius 1 is 0.392 bits per heavy atom. The highest BCUT2D eigenvalue weighted by molar-refractivity contribution is 7.24. The molecule has 0 saturated heterocycles. The first-order valence-electron chi connectivity index (χ1n) is 17.4. The fourth-order valence-electron chi connectivity index (χ4n) is 8.90. The zero-order valence-corrected chi connectivity index (χ0v) is 28.3. The van der Waals surface area contributed by atoms with E-state index in [1.165, 1.54) is 55.3 Å². The molecule has 1 atom stereocenters. The van der Waals surface area contributed by atoms with E-state index in [4.69, 9.17) is 0 Å². The molecule has 1 aromatic heterocycles. The Morgan fingerprint density at radius 2 is 1.00 bits per heavy atom. The van der Waals surface area contributed by atoms with Crippen LogP contribution in [0.2, 0.25) is 0 Å².